The lowest BCUT2D eigenvalue weighted by molar-refractivity contribution is 0.187. The van der Waals surface area contributed by atoms with E-state index in [1.54, 1.807) is 24.4 Å². The van der Waals surface area contributed by atoms with E-state index in [-0.39, 0.29) is 5.15 Å². The Bertz CT molecular complexity index is 692. The molecule has 1 aromatic carbocycles. The van der Waals surface area contributed by atoms with Crippen molar-refractivity contribution in [2.45, 2.75) is 13.5 Å². The van der Waals surface area contributed by atoms with Crippen LogP contribution in [0.15, 0.2) is 30.5 Å². The Morgan fingerprint density at radius 1 is 1.32 bits per heavy atom. The number of nitrogens with zero attached hydrogens (tertiary/aromatic N) is 1. The Labute approximate surface area is 138 Å². The molecule has 2 aromatic rings. The molecule has 0 spiro atoms. The number of hydrogen-bond acceptors (Lipinski definition) is 4. The average molecular weight is 341 g/mol. The maximum absolute atomic E-state index is 11.2. The van der Waals surface area contributed by atoms with Gasteiger partial charge in [-0.25, -0.2) is 9.78 Å². The first-order valence-electron chi connectivity index (χ1n) is 6.38. The van der Waals surface area contributed by atoms with Crippen molar-refractivity contribution in [2.24, 2.45) is 0 Å². The van der Waals surface area contributed by atoms with Crippen LogP contribution in [0.25, 0.3) is 0 Å². The zero-order chi connectivity index (χ0) is 16.1. The van der Waals surface area contributed by atoms with Crippen LogP contribution in [0.3, 0.4) is 0 Å². The van der Waals surface area contributed by atoms with Crippen molar-refractivity contribution in [3.63, 3.8) is 0 Å². The number of anilines is 1. The molecule has 0 saturated carbocycles. The van der Waals surface area contributed by atoms with Crippen molar-refractivity contribution >= 4 is 35.0 Å². The second-order valence-electron chi connectivity index (χ2n) is 4.50. The van der Waals surface area contributed by atoms with Gasteiger partial charge in [-0.05, 0) is 36.8 Å². The van der Waals surface area contributed by atoms with Crippen LogP contribution in [0.2, 0.25) is 10.2 Å². The molecule has 7 heteroatoms. The van der Waals surface area contributed by atoms with Gasteiger partial charge in [-0.15, -0.1) is 0 Å². The Hall–Kier alpha value is -1.98. The molecule has 0 aliphatic carbocycles. The van der Waals surface area contributed by atoms with Gasteiger partial charge in [0.2, 0.25) is 0 Å². The summed E-state index contributed by atoms with van der Waals surface area (Å²) in [7, 11) is 1.31. The summed E-state index contributed by atoms with van der Waals surface area (Å²) in [5.74, 6) is 0.666. The van der Waals surface area contributed by atoms with E-state index < -0.39 is 6.09 Å². The number of carbonyl (C=O) groups excluding carboxylic acids is 1. The monoisotopic (exact) mass is 340 g/mol. The molecule has 0 aliphatic rings. The van der Waals surface area contributed by atoms with Crippen LogP contribution in [0.4, 0.5) is 10.5 Å². The molecule has 0 atom stereocenters. The van der Waals surface area contributed by atoms with Crippen molar-refractivity contribution in [1.29, 1.82) is 0 Å². The van der Waals surface area contributed by atoms with Gasteiger partial charge in [-0.3, -0.25) is 5.32 Å². The van der Waals surface area contributed by atoms with Crippen LogP contribution >= 0.6 is 23.2 Å². The van der Waals surface area contributed by atoms with E-state index in [2.05, 4.69) is 15.0 Å². The number of methoxy groups -OCH3 is 1. The number of benzene rings is 1. The largest absolute Gasteiger partial charge is 0.489 e. The van der Waals surface area contributed by atoms with Crippen LogP contribution in [-0.2, 0) is 11.3 Å². The van der Waals surface area contributed by atoms with E-state index >= 15 is 0 Å². The highest BCUT2D eigenvalue weighted by Crippen LogP contribution is 2.24. The Morgan fingerprint density at radius 3 is 2.73 bits per heavy atom. The van der Waals surface area contributed by atoms with Gasteiger partial charge in [0.1, 0.15) is 17.5 Å². The minimum absolute atomic E-state index is 0.263. The van der Waals surface area contributed by atoms with Gasteiger partial charge in [0.05, 0.1) is 12.1 Å². The lowest BCUT2D eigenvalue weighted by Gasteiger charge is -2.11. The zero-order valence-corrected chi connectivity index (χ0v) is 13.5. The zero-order valence-electron chi connectivity index (χ0n) is 12.0. The summed E-state index contributed by atoms with van der Waals surface area (Å²) in [6.07, 6.45) is 1.09. The third-order valence-corrected chi connectivity index (χ3v) is 3.56. The van der Waals surface area contributed by atoms with E-state index in [1.165, 1.54) is 7.11 Å². The van der Waals surface area contributed by atoms with Gasteiger partial charge in [0, 0.05) is 17.4 Å². The summed E-state index contributed by atoms with van der Waals surface area (Å²) in [4.78, 5) is 15.2. The van der Waals surface area contributed by atoms with Crippen molar-refractivity contribution in [2.75, 3.05) is 12.4 Å². The molecule has 0 bridgehead atoms. The molecule has 0 saturated heterocycles. The Kier molecular flexibility index (Phi) is 5.46. The molecular formula is C15H14Cl2N2O3. The van der Waals surface area contributed by atoms with Crippen molar-refractivity contribution in [3.05, 3.63) is 51.8 Å². The molecule has 2 rings (SSSR count). The van der Waals surface area contributed by atoms with Gasteiger partial charge < -0.3 is 9.47 Å². The predicted molar refractivity (Wildman–Crippen MR) is 85.8 cm³/mol. The summed E-state index contributed by atoms with van der Waals surface area (Å²) in [5, 5.41) is 3.26. The van der Waals surface area contributed by atoms with Crippen LogP contribution in [0.1, 0.15) is 11.1 Å². The highest BCUT2D eigenvalue weighted by atomic mass is 35.5. The lowest BCUT2D eigenvalue weighted by atomic mass is 10.2. The molecule has 1 aromatic heterocycles. The molecule has 1 heterocycles. The third kappa shape index (κ3) is 4.26. The number of ether oxygens (including phenoxy) is 2. The fourth-order valence-electron chi connectivity index (χ4n) is 1.73. The molecule has 0 aliphatic heterocycles. The predicted octanol–water partition coefficient (Wildman–Crippen LogP) is 4.45. The molecule has 0 unspecified atom stereocenters. The summed E-state index contributed by atoms with van der Waals surface area (Å²) in [6, 6.07) is 7.02. The number of aromatic nitrogens is 1. The number of rotatable bonds is 4. The normalized spacial score (nSPS) is 10.2. The average Bonchev–Trinajstić information content (AvgIpc) is 2.50. The van der Waals surface area contributed by atoms with Gasteiger partial charge in [-0.1, -0.05) is 23.2 Å². The smallest absolute Gasteiger partial charge is 0.411 e. The second-order valence-corrected chi connectivity index (χ2v) is 5.26. The minimum Gasteiger partial charge on any atom is -0.489 e. The van der Waals surface area contributed by atoms with E-state index in [0.29, 0.717) is 23.1 Å². The summed E-state index contributed by atoms with van der Waals surface area (Å²) in [6.45, 7) is 2.17. The molecule has 0 fully saturated rings. The number of pyridine rings is 1. The van der Waals surface area contributed by atoms with E-state index in [1.807, 2.05) is 13.0 Å². The maximum Gasteiger partial charge on any atom is 0.411 e. The Balaban J connectivity index is 2.02. The number of halogens is 2. The molecular weight excluding hydrogens is 327 g/mol. The number of hydrogen-bond donors (Lipinski definition) is 1. The SMILES string of the molecule is COC(=O)Nc1ccc(OCc2cnc(Cl)c(Cl)c2)cc1C. The molecule has 1 N–H and O–H groups in total. The topological polar surface area (TPSA) is 60.5 Å². The first-order valence-corrected chi connectivity index (χ1v) is 7.13. The second kappa shape index (κ2) is 7.33. The highest BCUT2D eigenvalue weighted by molar-refractivity contribution is 6.41. The number of amides is 1. The fraction of sp³-hybridized carbons (Fsp3) is 0.200. The summed E-state index contributed by atoms with van der Waals surface area (Å²) in [5.41, 5.74) is 2.33. The van der Waals surface area contributed by atoms with Gasteiger partial charge in [-0.2, -0.15) is 0 Å². The third-order valence-electron chi connectivity index (χ3n) is 2.88. The molecule has 116 valence electrons. The van der Waals surface area contributed by atoms with Crippen molar-refractivity contribution < 1.29 is 14.3 Å². The van der Waals surface area contributed by atoms with E-state index in [4.69, 9.17) is 27.9 Å². The summed E-state index contributed by atoms with van der Waals surface area (Å²) < 4.78 is 10.2. The Morgan fingerprint density at radius 2 is 2.09 bits per heavy atom. The number of carbonyl (C=O) groups is 1. The van der Waals surface area contributed by atoms with Crippen molar-refractivity contribution in [1.82, 2.24) is 4.98 Å². The van der Waals surface area contributed by atoms with Crippen LogP contribution in [-0.4, -0.2) is 18.2 Å². The van der Waals surface area contributed by atoms with Gasteiger partial charge in [0.25, 0.3) is 0 Å². The van der Waals surface area contributed by atoms with E-state index in [9.17, 15) is 4.79 Å². The van der Waals surface area contributed by atoms with Crippen LogP contribution < -0.4 is 10.1 Å². The number of aryl methyl sites for hydroxylation is 1. The van der Waals surface area contributed by atoms with Gasteiger partial charge in [0.15, 0.2) is 0 Å². The molecule has 0 radical (unpaired) electrons. The molecule has 22 heavy (non-hydrogen) atoms. The highest BCUT2D eigenvalue weighted by Gasteiger charge is 2.06. The molecule has 1 amide bonds. The quantitative estimate of drug-likeness (QED) is 0.835. The van der Waals surface area contributed by atoms with E-state index in [0.717, 1.165) is 11.1 Å². The van der Waals surface area contributed by atoms with Crippen LogP contribution in [0.5, 0.6) is 5.75 Å². The summed E-state index contributed by atoms with van der Waals surface area (Å²) >= 11 is 11.7. The number of nitrogens with one attached hydrogen (secondary N) is 1. The fourth-order valence-corrected chi connectivity index (χ4v) is 2.03. The van der Waals surface area contributed by atoms with Crippen LogP contribution in [0, 0.1) is 6.92 Å². The lowest BCUT2D eigenvalue weighted by Crippen LogP contribution is -2.11. The standard InChI is InChI=1S/C15H14Cl2N2O3/c1-9-5-11(3-4-13(9)19-15(20)21-2)22-8-10-6-12(16)14(17)18-7-10/h3-7H,8H2,1-2H3,(H,19,20). The first-order chi connectivity index (χ1) is 10.5. The maximum atomic E-state index is 11.2. The van der Waals surface area contributed by atoms with Gasteiger partial charge >= 0.3 is 6.09 Å². The first kappa shape index (κ1) is 16.4. The van der Waals surface area contributed by atoms with Crippen molar-refractivity contribution in [3.8, 4) is 5.75 Å². The minimum atomic E-state index is -0.515. The molecule has 5 nitrogen and oxygen atoms in total.